The maximum absolute atomic E-state index is 11.6. The predicted molar refractivity (Wildman–Crippen MR) is 88.5 cm³/mol. The van der Waals surface area contributed by atoms with Crippen LogP contribution in [-0.4, -0.2) is 51.0 Å². The molecule has 3 saturated heterocycles. The van der Waals surface area contributed by atoms with Crippen LogP contribution in [0.5, 0.6) is 0 Å². The molecule has 5 nitrogen and oxygen atoms in total. The molecule has 4 rings (SSSR count). The average Bonchev–Trinajstić information content (AvgIpc) is 2.50. The summed E-state index contributed by atoms with van der Waals surface area (Å²) in [6.07, 6.45) is 0.800. The second-order valence-corrected chi connectivity index (χ2v) is 9.33. The Morgan fingerprint density at radius 3 is 2.52 bits per heavy atom. The Morgan fingerprint density at radius 1 is 1.26 bits per heavy atom. The van der Waals surface area contributed by atoms with Crippen molar-refractivity contribution in [1.82, 2.24) is 0 Å². The van der Waals surface area contributed by atoms with Crippen molar-refractivity contribution in [3.05, 3.63) is 0 Å². The quantitative estimate of drug-likeness (QED) is 0.550. The molecule has 0 aromatic rings. The fraction of sp³-hybridized carbons (Fsp3) is 0.941. The second kappa shape index (κ2) is 5.41. The number of carbonyl (C=O) groups excluding carboxylic acids is 1. The van der Waals surface area contributed by atoms with Gasteiger partial charge in [-0.1, -0.05) is 15.9 Å². The third-order valence-corrected chi connectivity index (χ3v) is 7.48. The van der Waals surface area contributed by atoms with Gasteiger partial charge in [0.05, 0.1) is 29.0 Å². The van der Waals surface area contributed by atoms with Crippen molar-refractivity contribution in [3.63, 3.8) is 0 Å². The first-order valence-electron chi connectivity index (χ1n) is 8.35. The number of esters is 1. The SMILES string of the molecule is CC(=O)O[C@H]1C[C@@]2(C)O[C@H]3C[C@H](Br)C(C)(C)O[C@@]3(C)[C@@H]1C[C@H]2O. The van der Waals surface area contributed by atoms with Gasteiger partial charge in [-0.05, 0) is 40.5 Å². The zero-order chi connectivity index (χ0) is 17.2. The van der Waals surface area contributed by atoms with Crippen molar-refractivity contribution >= 4 is 21.9 Å². The summed E-state index contributed by atoms with van der Waals surface area (Å²) in [5.41, 5.74) is -1.66. The molecule has 1 aliphatic carbocycles. The standard InChI is InChI=1S/C17H27BrO5/c1-9(19)21-11-8-16(4)13(20)6-10(11)17(5)14(22-16)7-12(18)15(2,3)23-17/h10-14,20H,6-8H2,1-5H3/t10-,11+,12+,13-,14+,16-,17+/m1/s1. The van der Waals surface area contributed by atoms with Crippen molar-refractivity contribution in [1.29, 1.82) is 0 Å². The third kappa shape index (κ3) is 2.75. The fourth-order valence-corrected chi connectivity index (χ4v) is 5.03. The van der Waals surface area contributed by atoms with Gasteiger partial charge in [0.1, 0.15) is 6.10 Å². The molecule has 3 aliphatic heterocycles. The van der Waals surface area contributed by atoms with Crippen LogP contribution in [0.3, 0.4) is 0 Å². The first-order valence-corrected chi connectivity index (χ1v) is 9.27. The van der Waals surface area contributed by atoms with Gasteiger partial charge in [-0.3, -0.25) is 4.79 Å². The molecular formula is C17H27BrO5. The number of hydrogen-bond donors (Lipinski definition) is 1. The van der Waals surface area contributed by atoms with Crippen LogP contribution in [-0.2, 0) is 19.0 Å². The average molecular weight is 391 g/mol. The van der Waals surface area contributed by atoms with Crippen LogP contribution < -0.4 is 0 Å². The van der Waals surface area contributed by atoms with Crippen LogP contribution >= 0.6 is 15.9 Å². The minimum Gasteiger partial charge on any atom is -0.462 e. The van der Waals surface area contributed by atoms with E-state index in [1.165, 1.54) is 6.92 Å². The lowest BCUT2D eigenvalue weighted by Crippen LogP contribution is -2.62. The molecule has 0 spiro atoms. The minimum atomic E-state index is -0.712. The van der Waals surface area contributed by atoms with E-state index in [-0.39, 0.29) is 34.5 Å². The zero-order valence-electron chi connectivity index (χ0n) is 14.5. The van der Waals surface area contributed by atoms with E-state index < -0.39 is 17.3 Å². The van der Waals surface area contributed by atoms with Gasteiger partial charge in [-0.15, -0.1) is 0 Å². The van der Waals surface area contributed by atoms with Crippen LogP contribution in [0.25, 0.3) is 0 Å². The molecule has 0 unspecified atom stereocenters. The molecule has 0 amide bonds. The molecule has 1 N–H and O–H groups in total. The van der Waals surface area contributed by atoms with Gasteiger partial charge >= 0.3 is 5.97 Å². The normalized spacial score (nSPS) is 51.7. The molecule has 23 heavy (non-hydrogen) atoms. The largest absolute Gasteiger partial charge is 0.462 e. The Morgan fingerprint density at radius 2 is 1.91 bits per heavy atom. The number of aliphatic hydroxyl groups is 1. The van der Waals surface area contributed by atoms with Crippen molar-refractivity contribution in [2.45, 2.75) is 93.8 Å². The molecule has 7 atom stereocenters. The lowest BCUT2D eigenvalue weighted by Gasteiger charge is -2.53. The molecule has 6 heteroatoms. The highest BCUT2D eigenvalue weighted by Crippen LogP contribution is 2.55. The van der Waals surface area contributed by atoms with Crippen LogP contribution in [0.15, 0.2) is 0 Å². The van der Waals surface area contributed by atoms with E-state index in [1.54, 1.807) is 0 Å². The summed E-state index contributed by atoms with van der Waals surface area (Å²) in [5.74, 6) is -0.379. The monoisotopic (exact) mass is 390 g/mol. The van der Waals surface area contributed by atoms with Gasteiger partial charge < -0.3 is 19.3 Å². The highest BCUT2D eigenvalue weighted by atomic mass is 79.9. The second-order valence-electron chi connectivity index (χ2n) is 8.22. The summed E-state index contributed by atoms with van der Waals surface area (Å²) in [6, 6.07) is 0. The van der Waals surface area contributed by atoms with E-state index in [0.29, 0.717) is 12.8 Å². The molecule has 1 saturated carbocycles. The number of aliphatic hydroxyl groups excluding tert-OH is 1. The number of ether oxygens (including phenoxy) is 3. The van der Waals surface area contributed by atoms with Crippen molar-refractivity contribution in [2.24, 2.45) is 5.92 Å². The Labute approximate surface area is 146 Å². The highest BCUT2D eigenvalue weighted by Gasteiger charge is 2.64. The predicted octanol–water partition coefficient (Wildman–Crippen LogP) is 2.57. The highest BCUT2D eigenvalue weighted by molar-refractivity contribution is 9.09. The third-order valence-electron chi connectivity index (χ3n) is 6.00. The molecule has 132 valence electrons. The van der Waals surface area contributed by atoms with E-state index in [9.17, 15) is 9.90 Å². The van der Waals surface area contributed by atoms with Crippen LogP contribution in [0, 0.1) is 5.92 Å². The Bertz CT molecular complexity index is 509. The summed E-state index contributed by atoms with van der Waals surface area (Å²) in [5, 5.41) is 10.6. The molecule has 3 heterocycles. The van der Waals surface area contributed by atoms with Gasteiger partial charge in [0.25, 0.3) is 0 Å². The molecule has 0 aromatic heterocycles. The van der Waals surface area contributed by atoms with Gasteiger partial charge in [-0.2, -0.15) is 0 Å². The van der Waals surface area contributed by atoms with E-state index in [0.717, 1.165) is 6.42 Å². The minimum absolute atomic E-state index is 0.0822. The molecular weight excluding hydrogens is 364 g/mol. The Balaban J connectivity index is 2.02. The number of alkyl halides is 1. The molecule has 4 aliphatic rings. The Kier molecular flexibility index (Phi) is 4.15. The van der Waals surface area contributed by atoms with Crippen LogP contribution in [0.2, 0.25) is 0 Å². The number of hydrogen-bond acceptors (Lipinski definition) is 5. The maximum atomic E-state index is 11.6. The van der Waals surface area contributed by atoms with E-state index in [2.05, 4.69) is 29.8 Å². The summed E-state index contributed by atoms with van der Waals surface area (Å²) >= 11 is 3.72. The van der Waals surface area contributed by atoms with E-state index in [4.69, 9.17) is 14.2 Å². The number of rotatable bonds is 1. The van der Waals surface area contributed by atoms with E-state index >= 15 is 0 Å². The first kappa shape index (κ1) is 17.6. The molecule has 0 aromatic carbocycles. The first-order chi connectivity index (χ1) is 10.5. The molecule has 0 radical (unpaired) electrons. The number of fused-ring (bicyclic) bond motifs is 2. The van der Waals surface area contributed by atoms with E-state index in [1.807, 2.05) is 13.8 Å². The molecule has 4 fully saturated rings. The summed E-state index contributed by atoms with van der Waals surface area (Å²) in [4.78, 5) is 11.7. The zero-order valence-corrected chi connectivity index (χ0v) is 16.1. The lowest BCUT2D eigenvalue weighted by atomic mass is 9.68. The summed E-state index contributed by atoms with van der Waals surface area (Å²) in [7, 11) is 0. The molecule has 2 bridgehead atoms. The summed E-state index contributed by atoms with van der Waals surface area (Å²) < 4.78 is 18.5. The topological polar surface area (TPSA) is 65.0 Å². The number of carbonyl (C=O) groups is 1. The van der Waals surface area contributed by atoms with Gasteiger partial charge in [0, 0.05) is 24.1 Å². The van der Waals surface area contributed by atoms with Crippen molar-refractivity contribution in [2.75, 3.05) is 0 Å². The van der Waals surface area contributed by atoms with Gasteiger partial charge in [-0.25, -0.2) is 0 Å². The van der Waals surface area contributed by atoms with Crippen molar-refractivity contribution in [3.8, 4) is 0 Å². The van der Waals surface area contributed by atoms with Crippen molar-refractivity contribution < 1.29 is 24.1 Å². The summed E-state index contributed by atoms with van der Waals surface area (Å²) in [6.45, 7) is 9.51. The maximum Gasteiger partial charge on any atom is 0.302 e. The lowest BCUT2D eigenvalue weighted by molar-refractivity contribution is -0.251. The van der Waals surface area contributed by atoms with Gasteiger partial charge in [0.2, 0.25) is 0 Å². The van der Waals surface area contributed by atoms with Gasteiger partial charge in [0.15, 0.2) is 0 Å². The smallest absolute Gasteiger partial charge is 0.302 e. The Hall–Kier alpha value is -0.170. The van der Waals surface area contributed by atoms with Crippen LogP contribution in [0.1, 0.15) is 53.9 Å². The fourth-order valence-electron chi connectivity index (χ4n) is 4.59. The van der Waals surface area contributed by atoms with Crippen LogP contribution in [0.4, 0.5) is 0 Å². The number of halogens is 1.